The van der Waals surface area contributed by atoms with Crippen molar-refractivity contribution < 1.29 is 0 Å². The highest BCUT2D eigenvalue weighted by molar-refractivity contribution is 6.24. The van der Waals surface area contributed by atoms with Crippen LogP contribution in [-0.2, 0) is 0 Å². The quantitative estimate of drug-likeness (QED) is 0.197. The maximum absolute atomic E-state index is 4.64. The number of pyridine rings is 1. The van der Waals surface area contributed by atoms with Crippen LogP contribution < -0.4 is 0 Å². The van der Waals surface area contributed by atoms with Crippen LogP contribution in [-0.4, -0.2) is 4.98 Å². The lowest BCUT2D eigenvalue weighted by Gasteiger charge is -2.20. The lowest BCUT2D eigenvalue weighted by atomic mass is 9.83. The molecule has 0 radical (unpaired) electrons. The molecule has 0 atom stereocenters. The maximum atomic E-state index is 4.64. The maximum Gasteiger partial charge on any atom is 0.0352 e. The Hall–Kier alpha value is -5.79. The lowest BCUT2D eigenvalue weighted by Crippen LogP contribution is -1.93. The molecule has 204 valence electrons. The van der Waals surface area contributed by atoms with Crippen LogP contribution in [0.2, 0.25) is 0 Å². The predicted octanol–water partition coefficient (Wildman–Crippen LogP) is 11.8. The number of nitrogens with zero attached hydrogens (tertiary/aromatic N) is 1. The monoisotopic (exact) mass is 557 g/mol. The van der Waals surface area contributed by atoms with E-state index in [-0.39, 0.29) is 0 Å². The first kappa shape index (κ1) is 24.8. The third kappa shape index (κ3) is 3.83. The van der Waals surface area contributed by atoms with Crippen LogP contribution in [0.4, 0.5) is 0 Å². The first-order valence-corrected chi connectivity index (χ1v) is 15.1. The van der Waals surface area contributed by atoms with Crippen molar-refractivity contribution in [2.45, 2.75) is 0 Å². The minimum absolute atomic E-state index is 1.15. The second-order valence-electron chi connectivity index (χ2n) is 11.6. The highest BCUT2D eigenvalue weighted by Crippen LogP contribution is 2.46. The van der Waals surface area contributed by atoms with Crippen molar-refractivity contribution in [3.05, 3.63) is 164 Å². The van der Waals surface area contributed by atoms with Crippen LogP contribution in [0.5, 0.6) is 0 Å². The topological polar surface area (TPSA) is 12.9 Å². The fraction of sp³-hybridized carbons (Fsp3) is 0. The third-order valence-corrected chi connectivity index (χ3v) is 9.08. The summed E-state index contributed by atoms with van der Waals surface area (Å²) in [6, 6.07) is 55.3. The summed E-state index contributed by atoms with van der Waals surface area (Å²) in [5.41, 5.74) is 7.36. The van der Waals surface area contributed by atoms with Crippen LogP contribution >= 0.6 is 0 Å². The van der Waals surface area contributed by atoms with Gasteiger partial charge in [0, 0.05) is 23.3 Å². The summed E-state index contributed by atoms with van der Waals surface area (Å²) in [6.07, 6.45) is 3.96. The molecule has 0 aliphatic heterocycles. The van der Waals surface area contributed by atoms with Gasteiger partial charge in [0.1, 0.15) is 0 Å². The summed E-state index contributed by atoms with van der Waals surface area (Å²) in [5, 5.41) is 12.4. The van der Waals surface area contributed by atoms with Gasteiger partial charge in [-0.2, -0.15) is 0 Å². The normalized spacial score (nSPS) is 11.6. The molecule has 1 aromatic heterocycles. The summed E-state index contributed by atoms with van der Waals surface area (Å²) in [7, 11) is 0. The zero-order chi connectivity index (χ0) is 29.0. The molecular formula is C43H27N. The van der Waals surface area contributed by atoms with Crippen LogP contribution in [0.15, 0.2) is 164 Å². The van der Waals surface area contributed by atoms with Gasteiger partial charge in [-0.1, -0.05) is 133 Å². The fourth-order valence-corrected chi connectivity index (χ4v) is 7.09. The van der Waals surface area contributed by atoms with Crippen LogP contribution in [0.25, 0.3) is 87.2 Å². The van der Waals surface area contributed by atoms with Gasteiger partial charge >= 0.3 is 0 Å². The molecule has 0 aliphatic rings. The van der Waals surface area contributed by atoms with Gasteiger partial charge in [0.2, 0.25) is 0 Å². The molecule has 0 amide bonds. The number of hydrogen-bond acceptors (Lipinski definition) is 1. The van der Waals surface area contributed by atoms with Gasteiger partial charge in [0.15, 0.2) is 0 Å². The Morgan fingerprint density at radius 2 is 0.795 bits per heavy atom. The van der Waals surface area contributed by atoms with E-state index in [9.17, 15) is 0 Å². The minimum atomic E-state index is 1.15. The molecule has 0 aliphatic carbocycles. The molecule has 0 bridgehead atoms. The van der Waals surface area contributed by atoms with Gasteiger partial charge in [0.05, 0.1) is 0 Å². The molecular weight excluding hydrogens is 530 g/mol. The molecule has 1 heterocycles. The van der Waals surface area contributed by atoms with E-state index in [4.69, 9.17) is 0 Å². The highest BCUT2D eigenvalue weighted by atomic mass is 14.6. The van der Waals surface area contributed by atoms with E-state index >= 15 is 0 Å². The van der Waals surface area contributed by atoms with E-state index in [1.807, 2.05) is 12.4 Å². The van der Waals surface area contributed by atoms with Gasteiger partial charge in [0.25, 0.3) is 0 Å². The Morgan fingerprint density at radius 3 is 1.48 bits per heavy atom. The van der Waals surface area contributed by atoms with Crippen molar-refractivity contribution in [3.63, 3.8) is 0 Å². The van der Waals surface area contributed by atoms with Crippen molar-refractivity contribution in [1.82, 2.24) is 4.98 Å². The summed E-state index contributed by atoms with van der Waals surface area (Å²) in [4.78, 5) is 4.64. The number of hydrogen-bond donors (Lipinski definition) is 0. The molecule has 9 aromatic rings. The molecule has 0 unspecified atom stereocenters. The Kier molecular flexibility index (Phi) is 5.57. The van der Waals surface area contributed by atoms with Crippen LogP contribution in [0, 0.1) is 0 Å². The molecule has 0 fully saturated rings. The summed E-state index contributed by atoms with van der Waals surface area (Å²) < 4.78 is 0. The van der Waals surface area contributed by atoms with Gasteiger partial charge in [-0.05, 0) is 94.5 Å². The Morgan fingerprint density at radius 1 is 0.295 bits per heavy atom. The van der Waals surface area contributed by atoms with Crippen molar-refractivity contribution in [3.8, 4) is 33.4 Å². The van der Waals surface area contributed by atoms with E-state index in [0.717, 1.165) is 10.9 Å². The van der Waals surface area contributed by atoms with Gasteiger partial charge in [-0.25, -0.2) is 0 Å². The Bertz CT molecular complexity index is 2500. The standard InChI is InChI=1S/C43H27N/c1-2-12-29-23-31(22-21-28(29)11-1)42-36-17-7-9-19-38(36)43(39-20-10-8-18-37(39)42)40-25-33(24-30-13-3-5-15-34(30)40)41-27-44-26-32-14-4-6-16-35(32)41/h1-27H. The zero-order valence-electron chi connectivity index (χ0n) is 24.0. The Balaban J connectivity index is 1.41. The summed E-state index contributed by atoms with van der Waals surface area (Å²) >= 11 is 0. The lowest BCUT2D eigenvalue weighted by molar-refractivity contribution is 1.36. The van der Waals surface area contributed by atoms with E-state index in [1.165, 1.54) is 76.3 Å². The minimum Gasteiger partial charge on any atom is -0.263 e. The second-order valence-corrected chi connectivity index (χ2v) is 11.6. The number of rotatable bonds is 3. The molecule has 0 N–H and O–H groups in total. The first-order chi connectivity index (χ1) is 21.8. The molecule has 0 saturated heterocycles. The van der Waals surface area contributed by atoms with Gasteiger partial charge < -0.3 is 0 Å². The molecule has 44 heavy (non-hydrogen) atoms. The van der Waals surface area contributed by atoms with E-state index in [0.29, 0.717) is 0 Å². The van der Waals surface area contributed by atoms with Crippen molar-refractivity contribution >= 4 is 53.9 Å². The number of fused-ring (bicyclic) bond motifs is 5. The van der Waals surface area contributed by atoms with Gasteiger partial charge in [-0.15, -0.1) is 0 Å². The molecule has 1 heteroatoms. The van der Waals surface area contributed by atoms with Crippen molar-refractivity contribution in [2.24, 2.45) is 0 Å². The van der Waals surface area contributed by atoms with Crippen molar-refractivity contribution in [1.29, 1.82) is 0 Å². The highest BCUT2D eigenvalue weighted by Gasteiger charge is 2.19. The van der Waals surface area contributed by atoms with Crippen LogP contribution in [0.1, 0.15) is 0 Å². The third-order valence-electron chi connectivity index (χ3n) is 9.08. The number of aromatic nitrogens is 1. The SMILES string of the molecule is c1ccc2cc(-c3c4ccccc4c(-c4cc(-c5cncc6ccccc56)cc5ccccc45)c4ccccc34)ccc2c1. The summed E-state index contributed by atoms with van der Waals surface area (Å²) in [6.45, 7) is 0. The fourth-order valence-electron chi connectivity index (χ4n) is 7.09. The largest absolute Gasteiger partial charge is 0.263 e. The average Bonchev–Trinajstić information content (AvgIpc) is 3.09. The zero-order valence-corrected chi connectivity index (χ0v) is 24.0. The molecule has 8 aromatic carbocycles. The van der Waals surface area contributed by atoms with E-state index < -0.39 is 0 Å². The molecule has 9 rings (SSSR count). The molecule has 0 spiro atoms. The molecule has 0 saturated carbocycles. The van der Waals surface area contributed by atoms with Gasteiger partial charge in [-0.3, -0.25) is 4.98 Å². The number of benzene rings is 8. The average molecular weight is 558 g/mol. The first-order valence-electron chi connectivity index (χ1n) is 15.1. The Labute approximate surface area is 255 Å². The van der Waals surface area contributed by atoms with Crippen LogP contribution in [0.3, 0.4) is 0 Å². The van der Waals surface area contributed by atoms with E-state index in [1.54, 1.807) is 0 Å². The summed E-state index contributed by atoms with van der Waals surface area (Å²) in [5.74, 6) is 0. The second kappa shape index (κ2) is 9.90. The smallest absolute Gasteiger partial charge is 0.0352 e. The van der Waals surface area contributed by atoms with Crippen molar-refractivity contribution in [2.75, 3.05) is 0 Å². The molecule has 1 nitrogen and oxygen atoms in total. The van der Waals surface area contributed by atoms with E-state index in [2.05, 4.69) is 157 Å². The predicted molar refractivity (Wildman–Crippen MR) is 188 cm³/mol.